The van der Waals surface area contributed by atoms with E-state index in [-0.39, 0.29) is 18.5 Å². The molecule has 0 aliphatic rings. The first-order valence-corrected chi connectivity index (χ1v) is 6.63. The number of aryl methyl sites for hydroxylation is 2. The Bertz CT molecular complexity index is 612. The number of nitrogens with zero attached hydrogens (tertiary/aromatic N) is 1. The summed E-state index contributed by atoms with van der Waals surface area (Å²) in [6.45, 7) is 1.26. The van der Waals surface area contributed by atoms with Gasteiger partial charge in [0, 0.05) is 12.1 Å². The van der Waals surface area contributed by atoms with Crippen LogP contribution in [0, 0.1) is 6.92 Å². The van der Waals surface area contributed by atoms with Crippen LogP contribution in [-0.4, -0.2) is 30.0 Å². The predicted octanol–water partition coefficient (Wildman–Crippen LogP) is 1.64. The van der Waals surface area contributed by atoms with Crippen molar-refractivity contribution >= 4 is 16.1 Å². The molecule has 0 saturated heterocycles. The minimum Gasteiger partial charge on any atom is -0.481 e. The van der Waals surface area contributed by atoms with Crippen LogP contribution in [0.15, 0.2) is 12.1 Å². The van der Waals surface area contributed by atoms with Gasteiger partial charge >= 0.3 is 21.6 Å². The topological polar surface area (TPSA) is 93.6 Å². The summed E-state index contributed by atoms with van der Waals surface area (Å²) in [7, 11) is -5.75. The van der Waals surface area contributed by atoms with Gasteiger partial charge in [0.15, 0.2) is 5.75 Å². The van der Waals surface area contributed by atoms with Gasteiger partial charge < -0.3 is 9.29 Å². The molecule has 112 valence electrons. The maximum absolute atomic E-state index is 12.1. The number of aromatic nitrogens is 1. The lowest BCUT2D eigenvalue weighted by Gasteiger charge is -2.11. The molecule has 0 bridgehead atoms. The molecule has 1 N–H and O–H groups in total. The molecule has 0 fully saturated rings. The largest absolute Gasteiger partial charge is 0.534 e. The van der Waals surface area contributed by atoms with Gasteiger partial charge in [0.05, 0.1) is 12.1 Å². The van der Waals surface area contributed by atoms with Crippen LogP contribution in [-0.2, 0) is 21.3 Å². The van der Waals surface area contributed by atoms with Crippen LogP contribution in [0.2, 0.25) is 0 Å². The van der Waals surface area contributed by atoms with Gasteiger partial charge in [-0.25, -0.2) is 0 Å². The van der Waals surface area contributed by atoms with Crippen LogP contribution in [0.4, 0.5) is 13.2 Å². The highest BCUT2D eigenvalue weighted by Crippen LogP contribution is 2.28. The third-order valence-electron chi connectivity index (χ3n) is 2.17. The van der Waals surface area contributed by atoms with E-state index >= 15 is 0 Å². The molecule has 0 aliphatic carbocycles. The first-order valence-electron chi connectivity index (χ1n) is 5.22. The summed E-state index contributed by atoms with van der Waals surface area (Å²) >= 11 is 0. The van der Waals surface area contributed by atoms with E-state index in [1.807, 2.05) is 0 Å². The smallest absolute Gasteiger partial charge is 0.481 e. The summed E-state index contributed by atoms with van der Waals surface area (Å²) in [5.74, 6) is -1.61. The summed E-state index contributed by atoms with van der Waals surface area (Å²) in [6.07, 6.45) is -0.129. The van der Waals surface area contributed by atoms with E-state index in [1.54, 1.807) is 0 Å². The highest BCUT2D eigenvalue weighted by atomic mass is 32.2. The molecule has 0 unspecified atom stereocenters. The highest BCUT2D eigenvalue weighted by molar-refractivity contribution is 7.88. The fourth-order valence-corrected chi connectivity index (χ4v) is 1.74. The molecule has 6 nitrogen and oxygen atoms in total. The Kier molecular flexibility index (Phi) is 4.58. The number of carboxylic acid groups (broad SMARTS) is 1. The number of carbonyl (C=O) groups is 1. The average Bonchev–Trinajstić information content (AvgIpc) is 2.28. The Labute approximate surface area is 112 Å². The van der Waals surface area contributed by atoms with Crippen molar-refractivity contribution in [3.63, 3.8) is 0 Å². The van der Waals surface area contributed by atoms with Gasteiger partial charge in [-0.3, -0.25) is 9.78 Å². The van der Waals surface area contributed by atoms with Crippen molar-refractivity contribution in [3.05, 3.63) is 23.5 Å². The van der Waals surface area contributed by atoms with Gasteiger partial charge in [-0.05, 0) is 19.1 Å². The average molecular weight is 313 g/mol. The van der Waals surface area contributed by atoms with Crippen LogP contribution in [0.25, 0.3) is 0 Å². The summed E-state index contributed by atoms with van der Waals surface area (Å²) < 4.78 is 62.0. The maximum Gasteiger partial charge on any atom is 0.534 e. The fourth-order valence-electron chi connectivity index (χ4n) is 1.23. The van der Waals surface area contributed by atoms with E-state index in [2.05, 4.69) is 9.17 Å². The number of aliphatic carboxylic acids is 1. The molecular weight excluding hydrogens is 303 g/mol. The van der Waals surface area contributed by atoms with Crippen LogP contribution >= 0.6 is 0 Å². The molecule has 1 aromatic heterocycles. The van der Waals surface area contributed by atoms with E-state index < -0.39 is 27.3 Å². The lowest BCUT2D eigenvalue weighted by molar-refractivity contribution is -0.136. The monoisotopic (exact) mass is 313 g/mol. The lowest BCUT2D eigenvalue weighted by Crippen LogP contribution is -2.28. The standard InChI is InChI=1S/C10H10F3NO5S/c1-6-8(19-20(17,18)10(11,12)13)4-2-7(14-6)3-5-9(15)16/h2,4H,3,5H2,1H3,(H,15,16). The zero-order valence-electron chi connectivity index (χ0n) is 10.1. The normalized spacial score (nSPS) is 12.2. The van der Waals surface area contributed by atoms with Gasteiger partial charge in [-0.15, -0.1) is 0 Å². The molecule has 0 saturated carbocycles. The fraction of sp³-hybridized carbons (Fsp3) is 0.400. The van der Waals surface area contributed by atoms with Gasteiger partial charge in [-0.2, -0.15) is 21.6 Å². The van der Waals surface area contributed by atoms with E-state index in [1.165, 1.54) is 13.0 Å². The Hall–Kier alpha value is -1.84. The second-order valence-electron chi connectivity index (χ2n) is 3.76. The number of pyridine rings is 1. The van der Waals surface area contributed by atoms with E-state index in [0.29, 0.717) is 5.69 Å². The second-order valence-corrected chi connectivity index (χ2v) is 5.30. The van der Waals surface area contributed by atoms with Gasteiger partial charge in [-0.1, -0.05) is 0 Å². The first kappa shape index (κ1) is 16.2. The van der Waals surface area contributed by atoms with E-state index in [4.69, 9.17) is 5.11 Å². The second kappa shape index (κ2) is 5.65. The number of hydrogen-bond acceptors (Lipinski definition) is 5. The first-order chi connectivity index (χ1) is 9.03. The summed E-state index contributed by atoms with van der Waals surface area (Å²) in [6, 6.07) is 2.21. The Morgan fingerprint density at radius 2 is 2.00 bits per heavy atom. The lowest BCUT2D eigenvalue weighted by atomic mass is 10.2. The zero-order valence-corrected chi connectivity index (χ0v) is 11.0. The SMILES string of the molecule is Cc1nc(CCC(=O)O)ccc1OS(=O)(=O)C(F)(F)F. The van der Waals surface area contributed by atoms with Crippen molar-refractivity contribution in [1.29, 1.82) is 0 Å². The molecule has 1 heterocycles. The number of halogens is 3. The molecule has 0 amide bonds. The number of rotatable bonds is 5. The Morgan fingerprint density at radius 1 is 1.40 bits per heavy atom. The van der Waals surface area contributed by atoms with Crippen molar-refractivity contribution in [2.24, 2.45) is 0 Å². The number of hydrogen-bond donors (Lipinski definition) is 1. The molecule has 1 aromatic rings. The van der Waals surface area contributed by atoms with Gasteiger partial charge in [0.25, 0.3) is 0 Å². The molecule has 0 aromatic carbocycles. The summed E-state index contributed by atoms with van der Waals surface area (Å²) in [5.41, 5.74) is -5.30. The molecule has 0 spiro atoms. The Balaban J connectivity index is 2.92. The number of alkyl halides is 3. The van der Waals surface area contributed by atoms with Crippen LogP contribution in [0.5, 0.6) is 5.75 Å². The summed E-state index contributed by atoms with van der Waals surface area (Å²) in [5, 5.41) is 8.48. The van der Waals surface area contributed by atoms with Crippen molar-refractivity contribution < 1.29 is 35.7 Å². The quantitative estimate of drug-likeness (QED) is 0.656. The highest BCUT2D eigenvalue weighted by Gasteiger charge is 2.48. The van der Waals surface area contributed by atoms with Crippen molar-refractivity contribution in [1.82, 2.24) is 4.98 Å². The minimum absolute atomic E-state index is 0.0719. The molecule has 0 atom stereocenters. The van der Waals surface area contributed by atoms with Crippen molar-refractivity contribution in [2.45, 2.75) is 25.3 Å². The van der Waals surface area contributed by atoms with Crippen LogP contribution < -0.4 is 4.18 Å². The van der Waals surface area contributed by atoms with Crippen LogP contribution in [0.3, 0.4) is 0 Å². The molecular formula is C10H10F3NO5S. The Morgan fingerprint density at radius 3 is 2.45 bits per heavy atom. The minimum atomic E-state index is -5.75. The van der Waals surface area contributed by atoms with Gasteiger partial charge in [0.2, 0.25) is 0 Å². The zero-order chi connectivity index (χ0) is 15.6. The van der Waals surface area contributed by atoms with Crippen LogP contribution in [0.1, 0.15) is 17.8 Å². The van der Waals surface area contributed by atoms with Gasteiger partial charge in [0.1, 0.15) is 0 Å². The molecule has 0 radical (unpaired) electrons. The van der Waals surface area contributed by atoms with Crippen molar-refractivity contribution in [3.8, 4) is 5.75 Å². The third-order valence-corrected chi connectivity index (χ3v) is 3.14. The predicted molar refractivity (Wildman–Crippen MR) is 60.5 cm³/mol. The molecule has 10 heteroatoms. The third kappa shape index (κ3) is 4.08. The molecule has 0 aliphatic heterocycles. The molecule has 20 heavy (non-hydrogen) atoms. The van der Waals surface area contributed by atoms with E-state index in [9.17, 15) is 26.4 Å². The van der Waals surface area contributed by atoms with Crippen molar-refractivity contribution in [2.75, 3.05) is 0 Å². The van der Waals surface area contributed by atoms with E-state index in [0.717, 1.165) is 6.07 Å². The summed E-state index contributed by atoms with van der Waals surface area (Å²) in [4.78, 5) is 14.2. The number of carboxylic acids is 1. The maximum atomic E-state index is 12.1. The molecule has 1 rings (SSSR count).